The van der Waals surface area contributed by atoms with Crippen LogP contribution in [0, 0.1) is 12.7 Å². The Morgan fingerprint density at radius 2 is 1.90 bits per heavy atom. The number of anilines is 1. The van der Waals surface area contributed by atoms with Gasteiger partial charge in [0.25, 0.3) is 0 Å². The number of unbranched alkanes of at least 4 members (excludes halogenated alkanes) is 3. The summed E-state index contributed by atoms with van der Waals surface area (Å²) >= 11 is 0. The Bertz CT molecular complexity index is 588. The number of carbonyl (C=O) groups excluding carboxylic acids is 1. The number of carbonyl (C=O) groups is 1. The van der Waals surface area contributed by atoms with Crippen molar-refractivity contribution in [1.29, 1.82) is 0 Å². The smallest absolute Gasteiger partial charge is 0.224 e. The van der Waals surface area contributed by atoms with E-state index < -0.39 is 15.8 Å². The van der Waals surface area contributed by atoms with Gasteiger partial charge in [0.2, 0.25) is 15.9 Å². The van der Waals surface area contributed by atoms with Crippen molar-refractivity contribution in [2.75, 3.05) is 11.1 Å². The molecule has 1 amide bonds. The van der Waals surface area contributed by atoms with Gasteiger partial charge in [0, 0.05) is 6.42 Å². The van der Waals surface area contributed by atoms with Crippen molar-refractivity contribution in [2.45, 2.75) is 39.0 Å². The number of benzene rings is 1. The third-order valence-corrected chi connectivity index (χ3v) is 3.84. The van der Waals surface area contributed by atoms with Crippen molar-refractivity contribution in [3.05, 3.63) is 29.6 Å². The molecule has 0 aliphatic carbocycles. The van der Waals surface area contributed by atoms with Crippen molar-refractivity contribution < 1.29 is 17.6 Å². The second-order valence-corrected chi connectivity index (χ2v) is 6.80. The maximum Gasteiger partial charge on any atom is 0.224 e. The quantitative estimate of drug-likeness (QED) is 0.721. The lowest BCUT2D eigenvalue weighted by Gasteiger charge is -2.07. The van der Waals surface area contributed by atoms with Crippen LogP contribution in [-0.2, 0) is 14.8 Å². The molecule has 0 aliphatic rings. The van der Waals surface area contributed by atoms with Crippen LogP contribution < -0.4 is 10.5 Å². The molecule has 0 saturated carbocycles. The number of rotatable bonds is 8. The monoisotopic (exact) mass is 316 g/mol. The minimum absolute atomic E-state index is 0.0340. The first-order valence-corrected chi connectivity index (χ1v) is 8.56. The first-order chi connectivity index (χ1) is 9.78. The molecule has 3 N–H and O–H groups in total. The van der Waals surface area contributed by atoms with Crippen LogP contribution in [0.4, 0.5) is 10.1 Å². The molecular weight excluding hydrogens is 295 g/mol. The number of hydrogen-bond donors (Lipinski definition) is 2. The van der Waals surface area contributed by atoms with Crippen LogP contribution in [0.25, 0.3) is 0 Å². The number of amides is 1. The molecular formula is C14H21FN2O3S. The number of nitrogens with two attached hydrogens (primary N) is 1. The molecule has 0 saturated heterocycles. The van der Waals surface area contributed by atoms with Crippen molar-refractivity contribution in [1.82, 2.24) is 0 Å². The highest BCUT2D eigenvalue weighted by atomic mass is 32.2. The highest BCUT2D eigenvalue weighted by Gasteiger charge is 2.07. The molecule has 0 radical (unpaired) electrons. The van der Waals surface area contributed by atoms with Gasteiger partial charge < -0.3 is 5.32 Å². The maximum atomic E-state index is 13.4. The van der Waals surface area contributed by atoms with E-state index in [0.717, 1.165) is 12.0 Å². The lowest BCUT2D eigenvalue weighted by atomic mass is 10.1. The highest BCUT2D eigenvalue weighted by Crippen LogP contribution is 2.16. The lowest BCUT2D eigenvalue weighted by molar-refractivity contribution is -0.116. The van der Waals surface area contributed by atoms with Gasteiger partial charge in [-0.05, 0) is 37.5 Å². The zero-order chi connectivity index (χ0) is 15.9. The molecule has 0 aromatic heterocycles. The standard InChI is InChI=1S/C14H21FN2O3S/c1-11-7-8-12(15)13(10-11)17-14(18)6-4-2-3-5-9-21(16,19)20/h7-8,10H,2-6,9H2,1H3,(H,17,18)(H2,16,19,20). The van der Waals surface area contributed by atoms with E-state index in [9.17, 15) is 17.6 Å². The summed E-state index contributed by atoms with van der Waals surface area (Å²) in [4.78, 5) is 11.7. The molecule has 1 rings (SSSR count). The van der Waals surface area contributed by atoms with Gasteiger partial charge >= 0.3 is 0 Å². The Morgan fingerprint density at radius 3 is 2.57 bits per heavy atom. The third kappa shape index (κ3) is 7.77. The largest absolute Gasteiger partial charge is 0.324 e. The molecule has 0 fully saturated rings. The van der Waals surface area contributed by atoms with Gasteiger partial charge in [0.05, 0.1) is 11.4 Å². The fourth-order valence-corrected chi connectivity index (χ4v) is 2.50. The Morgan fingerprint density at radius 1 is 1.24 bits per heavy atom. The molecule has 7 heteroatoms. The summed E-state index contributed by atoms with van der Waals surface area (Å²) in [5, 5.41) is 7.42. The zero-order valence-corrected chi connectivity index (χ0v) is 12.9. The van der Waals surface area contributed by atoms with Gasteiger partial charge in [-0.3, -0.25) is 4.79 Å². The summed E-state index contributed by atoms with van der Waals surface area (Å²) in [6, 6.07) is 4.54. The lowest BCUT2D eigenvalue weighted by Crippen LogP contribution is -2.16. The van der Waals surface area contributed by atoms with Crippen molar-refractivity contribution in [2.24, 2.45) is 5.14 Å². The second kappa shape index (κ2) is 8.09. The predicted molar refractivity (Wildman–Crippen MR) is 80.8 cm³/mol. The van der Waals surface area contributed by atoms with E-state index in [0.29, 0.717) is 19.3 Å². The summed E-state index contributed by atoms with van der Waals surface area (Å²) in [5.74, 6) is -0.735. The van der Waals surface area contributed by atoms with Crippen LogP contribution in [0.1, 0.15) is 37.7 Å². The number of sulfonamides is 1. The van der Waals surface area contributed by atoms with Gasteiger partial charge in [-0.15, -0.1) is 0 Å². The summed E-state index contributed by atoms with van der Waals surface area (Å²) in [6.07, 6.45) is 2.83. The van der Waals surface area contributed by atoms with Crippen LogP contribution in [0.5, 0.6) is 0 Å². The number of aryl methyl sites for hydroxylation is 1. The number of nitrogens with one attached hydrogen (secondary N) is 1. The van der Waals surface area contributed by atoms with Gasteiger partial charge in [0.15, 0.2) is 0 Å². The highest BCUT2D eigenvalue weighted by molar-refractivity contribution is 7.89. The molecule has 0 atom stereocenters. The fourth-order valence-electron chi connectivity index (χ4n) is 1.89. The molecule has 1 aromatic carbocycles. The van der Waals surface area contributed by atoms with Crippen LogP contribution in [0.3, 0.4) is 0 Å². The predicted octanol–water partition coefficient (Wildman–Crippen LogP) is 2.31. The molecule has 0 bridgehead atoms. The average molecular weight is 316 g/mol. The Hall–Kier alpha value is -1.47. The van der Waals surface area contributed by atoms with Crippen molar-refractivity contribution in [3.8, 4) is 0 Å². The number of primary sulfonamides is 1. The van der Waals surface area contributed by atoms with E-state index in [1.54, 1.807) is 12.1 Å². The third-order valence-electron chi connectivity index (χ3n) is 2.98. The first kappa shape index (κ1) is 17.6. The minimum Gasteiger partial charge on any atom is -0.324 e. The Labute approximate surface area is 124 Å². The normalized spacial score (nSPS) is 11.4. The summed E-state index contributed by atoms with van der Waals surface area (Å²) in [6.45, 7) is 1.82. The van der Waals surface area contributed by atoms with Crippen LogP contribution in [0.2, 0.25) is 0 Å². The molecule has 0 spiro atoms. The van der Waals surface area contributed by atoms with Crippen molar-refractivity contribution in [3.63, 3.8) is 0 Å². The van der Waals surface area contributed by atoms with Gasteiger partial charge in [-0.2, -0.15) is 0 Å². The number of hydrogen-bond acceptors (Lipinski definition) is 3. The Balaban J connectivity index is 2.24. The van der Waals surface area contributed by atoms with Crippen LogP contribution in [-0.4, -0.2) is 20.1 Å². The maximum absolute atomic E-state index is 13.4. The fraction of sp³-hybridized carbons (Fsp3) is 0.500. The summed E-state index contributed by atoms with van der Waals surface area (Å²) < 4.78 is 34.9. The SMILES string of the molecule is Cc1ccc(F)c(NC(=O)CCCCCCS(N)(=O)=O)c1. The zero-order valence-electron chi connectivity index (χ0n) is 12.1. The van der Waals surface area contributed by atoms with Crippen LogP contribution in [0.15, 0.2) is 18.2 Å². The van der Waals surface area contributed by atoms with E-state index >= 15 is 0 Å². The second-order valence-electron chi connectivity index (χ2n) is 5.06. The van der Waals surface area contributed by atoms with E-state index in [1.807, 2.05) is 6.92 Å². The van der Waals surface area contributed by atoms with E-state index in [2.05, 4.69) is 5.32 Å². The topological polar surface area (TPSA) is 89.3 Å². The summed E-state index contributed by atoms with van der Waals surface area (Å²) in [7, 11) is -3.40. The molecule has 0 heterocycles. The molecule has 0 aliphatic heterocycles. The van der Waals surface area contributed by atoms with E-state index in [4.69, 9.17) is 5.14 Å². The molecule has 0 unspecified atom stereocenters. The number of halogens is 1. The van der Waals surface area contributed by atoms with Gasteiger partial charge in [-0.1, -0.05) is 18.9 Å². The van der Waals surface area contributed by atoms with E-state index in [-0.39, 0.29) is 23.8 Å². The molecule has 118 valence electrons. The van der Waals surface area contributed by atoms with Crippen LogP contribution >= 0.6 is 0 Å². The van der Waals surface area contributed by atoms with Gasteiger partial charge in [0.1, 0.15) is 5.82 Å². The molecule has 5 nitrogen and oxygen atoms in total. The minimum atomic E-state index is -3.40. The average Bonchev–Trinajstić information content (AvgIpc) is 2.37. The summed E-state index contributed by atoms with van der Waals surface area (Å²) in [5.41, 5.74) is 1.06. The molecule has 1 aromatic rings. The first-order valence-electron chi connectivity index (χ1n) is 6.84. The van der Waals surface area contributed by atoms with Crippen molar-refractivity contribution >= 4 is 21.6 Å². The Kier molecular flexibility index (Phi) is 6.77. The molecule has 21 heavy (non-hydrogen) atoms. The van der Waals surface area contributed by atoms with E-state index in [1.165, 1.54) is 6.07 Å². The van der Waals surface area contributed by atoms with Gasteiger partial charge in [-0.25, -0.2) is 17.9 Å².